The number of carbonyl (C=O) groups excluding carboxylic acids is 1. The molecule has 0 spiro atoms. The average Bonchev–Trinajstić information content (AvgIpc) is 2.97. The molecule has 3 heterocycles. The number of hydrogen-bond donors (Lipinski definition) is 0. The minimum absolute atomic E-state index is 0.0610. The molecule has 0 saturated carbocycles. The van der Waals surface area contributed by atoms with Gasteiger partial charge in [-0.25, -0.2) is 9.37 Å². The van der Waals surface area contributed by atoms with E-state index in [0.29, 0.717) is 22.3 Å². The van der Waals surface area contributed by atoms with Crippen molar-refractivity contribution < 1.29 is 13.7 Å². The van der Waals surface area contributed by atoms with Gasteiger partial charge in [-0.15, -0.1) is 0 Å². The van der Waals surface area contributed by atoms with Gasteiger partial charge in [-0.05, 0) is 31.0 Å². The predicted octanol–water partition coefficient (Wildman–Crippen LogP) is 3.68. The number of aryl methyl sites for hydroxylation is 1. The van der Waals surface area contributed by atoms with E-state index in [1.165, 1.54) is 12.1 Å². The Hall–Kier alpha value is -3.14. The molecule has 7 heteroatoms. The second-order valence-electron chi connectivity index (χ2n) is 6.03. The summed E-state index contributed by atoms with van der Waals surface area (Å²) in [6.07, 6.45) is 0.985. The van der Waals surface area contributed by atoms with Crippen LogP contribution in [0.5, 0.6) is 0 Å². The Labute approximate surface area is 143 Å². The highest BCUT2D eigenvalue weighted by Crippen LogP contribution is 2.29. The molecule has 126 valence electrons. The quantitative estimate of drug-likeness (QED) is 0.674. The van der Waals surface area contributed by atoms with Crippen molar-refractivity contribution in [2.75, 3.05) is 0 Å². The number of rotatable bonds is 4. The van der Waals surface area contributed by atoms with E-state index in [2.05, 4.69) is 15.1 Å². The second kappa shape index (κ2) is 6.40. The number of Topliss-reactive ketones (excluding diaryl/α,β-unsaturated/α-hetero) is 1. The van der Waals surface area contributed by atoms with Crippen LogP contribution in [0.3, 0.4) is 0 Å². The molecule has 0 aromatic carbocycles. The van der Waals surface area contributed by atoms with Gasteiger partial charge in [-0.1, -0.05) is 19.0 Å². The lowest BCUT2D eigenvalue weighted by molar-refractivity contribution is 0.0979. The van der Waals surface area contributed by atoms with Gasteiger partial charge in [0.2, 0.25) is 0 Å². The fraction of sp³-hybridized carbons (Fsp3) is 0.278. The predicted molar refractivity (Wildman–Crippen MR) is 87.5 cm³/mol. The van der Waals surface area contributed by atoms with E-state index in [4.69, 9.17) is 4.52 Å². The van der Waals surface area contributed by atoms with Gasteiger partial charge in [0.25, 0.3) is 5.71 Å². The van der Waals surface area contributed by atoms with E-state index in [0.717, 1.165) is 6.20 Å². The van der Waals surface area contributed by atoms with Gasteiger partial charge in [0.05, 0.1) is 29.0 Å². The molecule has 25 heavy (non-hydrogen) atoms. The van der Waals surface area contributed by atoms with Crippen LogP contribution in [-0.2, 0) is 0 Å². The van der Waals surface area contributed by atoms with Gasteiger partial charge in [-0.3, -0.25) is 9.78 Å². The third-order valence-corrected chi connectivity index (χ3v) is 3.93. The Morgan fingerprint density at radius 1 is 1.32 bits per heavy atom. The van der Waals surface area contributed by atoms with Crippen molar-refractivity contribution >= 4 is 16.9 Å². The SMILES string of the molecule is Cc1noc2nc(C(C)C)cc(C(=O)[C@H](C#N)c3ccc(F)cn3)c12. The number of nitrogens with zero attached hydrogens (tertiary/aromatic N) is 4. The van der Waals surface area contributed by atoms with Crippen LogP contribution in [0, 0.1) is 24.1 Å². The van der Waals surface area contributed by atoms with Crippen molar-refractivity contribution in [3.8, 4) is 6.07 Å². The first-order chi connectivity index (χ1) is 11.9. The molecule has 1 atom stereocenters. The number of aromatic nitrogens is 3. The van der Waals surface area contributed by atoms with Crippen molar-refractivity contribution in [1.82, 2.24) is 15.1 Å². The zero-order chi connectivity index (χ0) is 18.1. The first-order valence-electron chi connectivity index (χ1n) is 7.74. The monoisotopic (exact) mass is 338 g/mol. The fourth-order valence-corrected chi connectivity index (χ4v) is 2.58. The molecule has 0 amide bonds. The van der Waals surface area contributed by atoms with E-state index < -0.39 is 17.5 Å². The molecule has 0 aliphatic heterocycles. The minimum atomic E-state index is -1.15. The maximum absolute atomic E-state index is 13.1. The van der Waals surface area contributed by atoms with Crippen molar-refractivity contribution in [1.29, 1.82) is 5.26 Å². The molecule has 3 aromatic heterocycles. The summed E-state index contributed by atoms with van der Waals surface area (Å²) in [6.45, 7) is 5.58. The Kier molecular flexibility index (Phi) is 4.28. The third-order valence-electron chi connectivity index (χ3n) is 3.93. The van der Waals surface area contributed by atoms with E-state index in [9.17, 15) is 14.4 Å². The van der Waals surface area contributed by atoms with E-state index in [1.807, 2.05) is 19.9 Å². The van der Waals surface area contributed by atoms with Gasteiger partial charge in [0.15, 0.2) is 11.7 Å². The van der Waals surface area contributed by atoms with E-state index in [1.54, 1.807) is 13.0 Å². The van der Waals surface area contributed by atoms with Crippen LogP contribution < -0.4 is 0 Å². The molecule has 0 unspecified atom stereocenters. The van der Waals surface area contributed by atoms with Crippen LogP contribution in [0.2, 0.25) is 0 Å². The summed E-state index contributed by atoms with van der Waals surface area (Å²) >= 11 is 0. The van der Waals surface area contributed by atoms with Crippen molar-refractivity contribution in [2.24, 2.45) is 0 Å². The van der Waals surface area contributed by atoms with Crippen molar-refractivity contribution in [3.05, 3.63) is 52.9 Å². The summed E-state index contributed by atoms with van der Waals surface area (Å²) < 4.78 is 18.3. The lowest BCUT2D eigenvalue weighted by Gasteiger charge is -2.11. The minimum Gasteiger partial charge on any atom is -0.336 e. The van der Waals surface area contributed by atoms with Crippen LogP contribution in [0.4, 0.5) is 4.39 Å². The summed E-state index contributed by atoms with van der Waals surface area (Å²) in [7, 11) is 0. The molecule has 3 aromatic rings. The topological polar surface area (TPSA) is 92.7 Å². The third kappa shape index (κ3) is 2.98. The number of pyridine rings is 2. The molecule has 0 aliphatic carbocycles. The van der Waals surface area contributed by atoms with Crippen LogP contribution in [0.15, 0.2) is 28.9 Å². The largest absolute Gasteiger partial charge is 0.336 e. The smallest absolute Gasteiger partial charge is 0.258 e. The molecule has 0 aliphatic rings. The van der Waals surface area contributed by atoms with Gasteiger partial charge < -0.3 is 4.52 Å². The first-order valence-corrected chi connectivity index (χ1v) is 7.74. The molecule has 6 nitrogen and oxygen atoms in total. The molecular weight excluding hydrogens is 323 g/mol. The van der Waals surface area contributed by atoms with E-state index >= 15 is 0 Å². The first kappa shape index (κ1) is 16.7. The normalized spacial score (nSPS) is 12.3. The Balaban J connectivity index is 2.16. The summed E-state index contributed by atoms with van der Waals surface area (Å²) in [4.78, 5) is 21.3. The highest BCUT2D eigenvalue weighted by Gasteiger charge is 2.28. The van der Waals surface area contributed by atoms with Crippen LogP contribution in [0.25, 0.3) is 11.1 Å². The number of ketones is 1. The highest BCUT2D eigenvalue weighted by atomic mass is 19.1. The van der Waals surface area contributed by atoms with Crippen LogP contribution in [-0.4, -0.2) is 20.9 Å². The van der Waals surface area contributed by atoms with Crippen LogP contribution >= 0.6 is 0 Å². The summed E-state index contributed by atoms with van der Waals surface area (Å²) in [6, 6.07) is 6.12. The molecule has 3 rings (SSSR count). The van der Waals surface area contributed by atoms with Gasteiger partial charge >= 0.3 is 0 Å². The Bertz CT molecular complexity index is 987. The molecule has 0 bridgehead atoms. The summed E-state index contributed by atoms with van der Waals surface area (Å²) in [5.41, 5.74) is 1.95. The standard InChI is InChI=1S/C18H15FN4O2/c1-9(2)15-6-12(16-10(3)23-25-18(16)22-15)17(24)13(7-20)14-5-4-11(19)8-21-14/h4-6,8-9,13H,1-3H3/t13-/m1/s1. The second-order valence-corrected chi connectivity index (χ2v) is 6.03. The maximum Gasteiger partial charge on any atom is 0.258 e. The number of fused-ring (bicyclic) bond motifs is 1. The number of carbonyl (C=O) groups is 1. The fourth-order valence-electron chi connectivity index (χ4n) is 2.58. The summed E-state index contributed by atoms with van der Waals surface area (Å²) in [5.74, 6) is -2.07. The number of halogens is 1. The molecule has 0 fully saturated rings. The number of nitriles is 1. The van der Waals surface area contributed by atoms with Crippen LogP contribution in [0.1, 0.15) is 53.1 Å². The molecule has 0 N–H and O–H groups in total. The number of hydrogen-bond acceptors (Lipinski definition) is 6. The average molecular weight is 338 g/mol. The van der Waals surface area contributed by atoms with Gasteiger partial charge in [0.1, 0.15) is 5.82 Å². The van der Waals surface area contributed by atoms with Gasteiger partial charge in [-0.2, -0.15) is 5.26 Å². The lowest BCUT2D eigenvalue weighted by atomic mass is 9.92. The maximum atomic E-state index is 13.1. The van der Waals surface area contributed by atoms with Crippen molar-refractivity contribution in [3.63, 3.8) is 0 Å². The molecule has 0 saturated heterocycles. The van der Waals surface area contributed by atoms with Gasteiger partial charge in [0, 0.05) is 11.3 Å². The zero-order valence-corrected chi connectivity index (χ0v) is 13.9. The highest BCUT2D eigenvalue weighted by molar-refractivity contribution is 6.11. The molecule has 0 radical (unpaired) electrons. The van der Waals surface area contributed by atoms with Crippen molar-refractivity contribution in [2.45, 2.75) is 32.6 Å². The lowest BCUT2D eigenvalue weighted by Crippen LogP contribution is -2.14. The summed E-state index contributed by atoms with van der Waals surface area (Å²) in [5, 5.41) is 13.8. The van der Waals surface area contributed by atoms with E-state index in [-0.39, 0.29) is 17.3 Å². The Morgan fingerprint density at radius 2 is 2.08 bits per heavy atom. The zero-order valence-electron chi connectivity index (χ0n) is 13.9. The Morgan fingerprint density at radius 3 is 2.68 bits per heavy atom. The molecular formula is C18H15FN4O2.